The van der Waals surface area contributed by atoms with Crippen molar-refractivity contribution < 1.29 is 0 Å². The van der Waals surface area contributed by atoms with Crippen molar-refractivity contribution in [2.45, 2.75) is 38.0 Å². The fraction of sp³-hybridized carbons (Fsp3) is 0.625. The minimum Gasteiger partial charge on any atom is -0.330 e. The Balaban J connectivity index is 2.07. The number of nitrogens with two attached hydrogens (primary N) is 1. The van der Waals surface area contributed by atoms with E-state index >= 15 is 0 Å². The van der Waals surface area contributed by atoms with Crippen LogP contribution in [0.3, 0.4) is 0 Å². The summed E-state index contributed by atoms with van der Waals surface area (Å²) in [4.78, 5) is 2.43. The third-order valence-electron chi connectivity index (χ3n) is 4.27. The van der Waals surface area contributed by atoms with Gasteiger partial charge in [-0.15, -0.1) is 0 Å². The Morgan fingerprint density at radius 3 is 2.72 bits per heavy atom. The first-order chi connectivity index (χ1) is 8.70. The summed E-state index contributed by atoms with van der Waals surface area (Å²) in [6, 6.07) is 9.18. The summed E-state index contributed by atoms with van der Waals surface area (Å²) in [7, 11) is 2.22. The first kappa shape index (κ1) is 13.6. The molecule has 0 spiro atoms. The maximum absolute atomic E-state index is 5.66. The molecule has 1 saturated heterocycles. The maximum Gasteiger partial charge on any atom is -0.00159 e. The van der Waals surface area contributed by atoms with E-state index in [1.165, 1.54) is 37.1 Å². The zero-order valence-electron chi connectivity index (χ0n) is 11.7. The largest absolute Gasteiger partial charge is 0.330 e. The number of rotatable bonds is 4. The second kappa shape index (κ2) is 6.35. The number of nitrogens with zero attached hydrogens (tertiary/aromatic N) is 1. The molecule has 2 rings (SSSR count). The van der Waals surface area contributed by atoms with Crippen LogP contribution in [0.1, 0.15) is 49.1 Å². The van der Waals surface area contributed by atoms with Gasteiger partial charge in [0.25, 0.3) is 0 Å². The number of hydrogen-bond acceptors (Lipinski definition) is 2. The molecular formula is C16H26N2. The lowest BCUT2D eigenvalue weighted by atomic mass is 9.86. The van der Waals surface area contributed by atoms with Crippen LogP contribution in [0.25, 0.3) is 0 Å². The minimum atomic E-state index is 0.584. The van der Waals surface area contributed by atoms with Crippen molar-refractivity contribution in [3.05, 3.63) is 35.4 Å². The number of piperidine rings is 1. The molecule has 0 amide bonds. The monoisotopic (exact) mass is 246 g/mol. The number of hydrogen-bond donors (Lipinski definition) is 1. The Kier molecular flexibility index (Phi) is 4.79. The second-order valence-corrected chi connectivity index (χ2v) is 5.73. The van der Waals surface area contributed by atoms with E-state index in [1.807, 2.05) is 0 Å². The smallest absolute Gasteiger partial charge is 0.00159 e. The molecule has 2 N–H and O–H groups in total. The van der Waals surface area contributed by atoms with Crippen molar-refractivity contribution in [2.24, 2.45) is 5.73 Å². The highest BCUT2D eigenvalue weighted by Gasteiger charge is 2.18. The van der Waals surface area contributed by atoms with Gasteiger partial charge in [0.2, 0.25) is 0 Å². The quantitative estimate of drug-likeness (QED) is 0.885. The van der Waals surface area contributed by atoms with Crippen LogP contribution in [-0.2, 0) is 0 Å². The molecule has 1 aliphatic rings. The minimum absolute atomic E-state index is 0.584. The standard InChI is InChI=1S/C16H26N2/c1-13(6-9-17)15-4-3-5-16(12-15)14-7-10-18(2)11-8-14/h3-5,12-14H,6-11,17H2,1-2H3. The van der Waals surface area contributed by atoms with Gasteiger partial charge in [0, 0.05) is 0 Å². The van der Waals surface area contributed by atoms with E-state index in [1.54, 1.807) is 0 Å². The van der Waals surface area contributed by atoms with E-state index in [0.29, 0.717) is 5.92 Å². The van der Waals surface area contributed by atoms with Crippen molar-refractivity contribution >= 4 is 0 Å². The molecule has 0 bridgehead atoms. The van der Waals surface area contributed by atoms with E-state index < -0.39 is 0 Å². The predicted molar refractivity (Wildman–Crippen MR) is 78.0 cm³/mol. The molecule has 0 saturated carbocycles. The highest BCUT2D eigenvalue weighted by molar-refractivity contribution is 5.29. The molecule has 0 aliphatic carbocycles. The molecule has 1 aromatic carbocycles. The Morgan fingerprint density at radius 2 is 2.06 bits per heavy atom. The van der Waals surface area contributed by atoms with Crippen molar-refractivity contribution in [3.63, 3.8) is 0 Å². The van der Waals surface area contributed by atoms with E-state index in [0.717, 1.165) is 18.9 Å². The third kappa shape index (κ3) is 3.33. The van der Waals surface area contributed by atoms with Crippen LogP contribution in [-0.4, -0.2) is 31.6 Å². The highest BCUT2D eigenvalue weighted by atomic mass is 15.1. The summed E-state index contributed by atoms with van der Waals surface area (Å²) >= 11 is 0. The van der Waals surface area contributed by atoms with Crippen LogP contribution in [0.4, 0.5) is 0 Å². The lowest BCUT2D eigenvalue weighted by molar-refractivity contribution is 0.255. The molecule has 1 heterocycles. The van der Waals surface area contributed by atoms with Crippen molar-refractivity contribution in [1.82, 2.24) is 4.90 Å². The fourth-order valence-electron chi connectivity index (χ4n) is 2.88. The second-order valence-electron chi connectivity index (χ2n) is 5.73. The topological polar surface area (TPSA) is 29.3 Å². The van der Waals surface area contributed by atoms with Gasteiger partial charge in [-0.25, -0.2) is 0 Å². The van der Waals surface area contributed by atoms with E-state index in [9.17, 15) is 0 Å². The van der Waals surface area contributed by atoms with E-state index in [-0.39, 0.29) is 0 Å². The molecule has 1 unspecified atom stereocenters. The van der Waals surface area contributed by atoms with Crippen LogP contribution >= 0.6 is 0 Å². The van der Waals surface area contributed by atoms with Crippen LogP contribution in [0.15, 0.2) is 24.3 Å². The van der Waals surface area contributed by atoms with Gasteiger partial charge in [-0.2, -0.15) is 0 Å². The van der Waals surface area contributed by atoms with Gasteiger partial charge in [0.05, 0.1) is 0 Å². The summed E-state index contributed by atoms with van der Waals surface area (Å²) in [5, 5.41) is 0. The zero-order valence-corrected chi connectivity index (χ0v) is 11.7. The Morgan fingerprint density at radius 1 is 1.33 bits per heavy atom. The van der Waals surface area contributed by atoms with Gasteiger partial charge in [0.1, 0.15) is 0 Å². The van der Waals surface area contributed by atoms with Gasteiger partial charge < -0.3 is 10.6 Å². The molecular weight excluding hydrogens is 220 g/mol. The van der Waals surface area contributed by atoms with Gasteiger partial charge >= 0.3 is 0 Å². The zero-order chi connectivity index (χ0) is 13.0. The van der Waals surface area contributed by atoms with Crippen molar-refractivity contribution in [3.8, 4) is 0 Å². The van der Waals surface area contributed by atoms with E-state index in [4.69, 9.17) is 5.73 Å². The maximum atomic E-state index is 5.66. The normalized spacial score (nSPS) is 19.9. The summed E-state index contributed by atoms with van der Waals surface area (Å²) < 4.78 is 0. The molecule has 0 radical (unpaired) electrons. The van der Waals surface area contributed by atoms with Crippen LogP contribution in [0, 0.1) is 0 Å². The lowest BCUT2D eigenvalue weighted by Crippen LogP contribution is -2.29. The van der Waals surface area contributed by atoms with Crippen molar-refractivity contribution in [2.75, 3.05) is 26.7 Å². The molecule has 1 aliphatic heterocycles. The highest BCUT2D eigenvalue weighted by Crippen LogP contribution is 2.29. The predicted octanol–water partition coefficient (Wildman–Crippen LogP) is 2.95. The lowest BCUT2D eigenvalue weighted by Gasteiger charge is -2.29. The first-order valence-corrected chi connectivity index (χ1v) is 7.19. The molecule has 100 valence electrons. The van der Waals surface area contributed by atoms with Crippen LogP contribution in [0.5, 0.6) is 0 Å². The Bertz CT molecular complexity index is 367. The Labute approximate surface area is 111 Å². The summed E-state index contributed by atoms with van der Waals surface area (Å²) in [6.45, 7) is 5.51. The summed E-state index contributed by atoms with van der Waals surface area (Å²) in [6.07, 6.45) is 3.67. The van der Waals surface area contributed by atoms with E-state index in [2.05, 4.69) is 43.1 Å². The van der Waals surface area contributed by atoms with Crippen LogP contribution in [0.2, 0.25) is 0 Å². The van der Waals surface area contributed by atoms with Gasteiger partial charge in [0.15, 0.2) is 0 Å². The number of benzene rings is 1. The van der Waals surface area contributed by atoms with Crippen LogP contribution < -0.4 is 5.73 Å². The summed E-state index contributed by atoms with van der Waals surface area (Å²) in [5.41, 5.74) is 8.64. The summed E-state index contributed by atoms with van der Waals surface area (Å²) in [5.74, 6) is 1.34. The van der Waals surface area contributed by atoms with Gasteiger partial charge in [-0.1, -0.05) is 31.2 Å². The fourth-order valence-corrected chi connectivity index (χ4v) is 2.88. The molecule has 1 aromatic rings. The molecule has 1 fully saturated rings. The average Bonchev–Trinajstić information content (AvgIpc) is 2.40. The number of likely N-dealkylation sites (tertiary alicyclic amines) is 1. The molecule has 1 atom stereocenters. The average molecular weight is 246 g/mol. The van der Waals surface area contributed by atoms with Gasteiger partial charge in [-0.05, 0) is 68.9 Å². The SMILES string of the molecule is CC(CCN)c1cccc(C2CCN(C)CC2)c1. The Hall–Kier alpha value is -0.860. The van der Waals surface area contributed by atoms with Crippen molar-refractivity contribution in [1.29, 1.82) is 0 Å². The van der Waals surface area contributed by atoms with Gasteiger partial charge in [-0.3, -0.25) is 0 Å². The molecule has 0 aromatic heterocycles. The molecule has 2 heteroatoms. The third-order valence-corrected chi connectivity index (χ3v) is 4.27. The molecule has 2 nitrogen and oxygen atoms in total. The first-order valence-electron chi connectivity index (χ1n) is 7.19. The molecule has 18 heavy (non-hydrogen) atoms.